The van der Waals surface area contributed by atoms with Gasteiger partial charge in [-0.25, -0.2) is 0 Å². The standard InChI is InChI=1S/C16H26ClNO2/c1-15-4-11-3-12(5-15)7-16(6-11,10-15)14(19)18-8-13(17)9-20-2/h11-13H,3-10H2,1-2H3,(H,18,19). The van der Waals surface area contributed by atoms with Gasteiger partial charge in [-0.3, -0.25) is 4.79 Å². The highest BCUT2D eigenvalue weighted by molar-refractivity contribution is 6.21. The van der Waals surface area contributed by atoms with Crippen LogP contribution >= 0.6 is 11.6 Å². The molecule has 20 heavy (non-hydrogen) atoms. The van der Waals surface area contributed by atoms with Crippen LogP contribution < -0.4 is 5.32 Å². The van der Waals surface area contributed by atoms with Crippen molar-refractivity contribution in [2.45, 2.75) is 50.8 Å². The molecule has 0 aromatic heterocycles. The third-order valence-electron chi connectivity index (χ3n) is 5.67. The van der Waals surface area contributed by atoms with Crippen LogP contribution in [0.25, 0.3) is 0 Å². The van der Waals surface area contributed by atoms with Crippen LogP contribution in [0.5, 0.6) is 0 Å². The first-order chi connectivity index (χ1) is 9.45. The van der Waals surface area contributed by atoms with E-state index in [-0.39, 0.29) is 16.7 Å². The van der Waals surface area contributed by atoms with Crippen molar-refractivity contribution in [3.8, 4) is 0 Å². The summed E-state index contributed by atoms with van der Waals surface area (Å²) in [4.78, 5) is 12.7. The van der Waals surface area contributed by atoms with Crippen molar-refractivity contribution >= 4 is 17.5 Å². The SMILES string of the molecule is COCC(Cl)CNC(=O)C12CC3CC(CC(C)(C3)C1)C2. The first kappa shape index (κ1) is 14.6. The molecule has 1 N–H and O–H groups in total. The molecule has 0 aromatic carbocycles. The minimum atomic E-state index is -0.131. The predicted molar refractivity (Wildman–Crippen MR) is 79.7 cm³/mol. The number of ether oxygens (including phenoxy) is 1. The van der Waals surface area contributed by atoms with Crippen molar-refractivity contribution in [2.75, 3.05) is 20.3 Å². The molecule has 4 saturated carbocycles. The Hall–Kier alpha value is -0.280. The number of carbonyl (C=O) groups excluding carboxylic acids is 1. The van der Waals surface area contributed by atoms with Crippen LogP contribution in [-0.4, -0.2) is 31.5 Å². The Morgan fingerprint density at radius 1 is 1.35 bits per heavy atom. The van der Waals surface area contributed by atoms with Gasteiger partial charge >= 0.3 is 0 Å². The van der Waals surface area contributed by atoms with Crippen LogP contribution in [0, 0.1) is 22.7 Å². The fraction of sp³-hybridized carbons (Fsp3) is 0.938. The maximum absolute atomic E-state index is 12.7. The molecule has 4 aliphatic carbocycles. The minimum absolute atomic E-state index is 0.0947. The molecule has 4 fully saturated rings. The molecule has 3 atom stereocenters. The number of rotatable bonds is 5. The zero-order valence-electron chi connectivity index (χ0n) is 12.6. The molecule has 0 saturated heterocycles. The van der Waals surface area contributed by atoms with Crippen molar-refractivity contribution in [1.82, 2.24) is 5.32 Å². The summed E-state index contributed by atoms with van der Waals surface area (Å²) in [6.45, 7) is 3.39. The van der Waals surface area contributed by atoms with Gasteiger partial charge < -0.3 is 10.1 Å². The van der Waals surface area contributed by atoms with Gasteiger partial charge in [0.15, 0.2) is 0 Å². The van der Waals surface area contributed by atoms with E-state index in [4.69, 9.17) is 16.3 Å². The van der Waals surface area contributed by atoms with Crippen LogP contribution in [-0.2, 0) is 9.53 Å². The lowest BCUT2D eigenvalue weighted by Crippen LogP contribution is -2.57. The van der Waals surface area contributed by atoms with Crippen LogP contribution in [0.2, 0.25) is 0 Å². The van der Waals surface area contributed by atoms with Gasteiger partial charge in [-0.1, -0.05) is 6.92 Å². The lowest BCUT2D eigenvalue weighted by atomic mass is 9.44. The molecule has 1 amide bonds. The molecule has 4 bridgehead atoms. The molecule has 4 aliphatic rings. The Kier molecular flexibility index (Phi) is 3.79. The number of hydrogen-bond acceptors (Lipinski definition) is 2. The average molecular weight is 300 g/mol. The van der Waals surface area contributed by atoms with Crippen molar-refractivity contribution < 1.29 is 9.53 Å². The van der Waals surface area contributed by atoms with E-state index in [0.717, 1.165) is 31.1 Å². The lowest BCUT2D eigenvalue weighted by Gasteiger charge is -2.60. The number of methoxy groups -OCH3 is 1. The summed E-state index contributed by atoms with van der Waals surface area (Å²) in [6.07, 6.45) is 7.30. The molecule has 4 heteroatoms. The molecule has 3 nitrogen and oxygen atoms in total. The van der Waals surface area contributed by atoms with Crippen molar-refractivity contribution in [2.24, 2.45) is 22.7 Å². The summed E-state index contributed by atoms with van der Waals surface area (Å²) in [5.41, 5.74) is 0.316. The molecule has 114 valence electrons. The second kappa shape index (κ2) is 5.17. The van der Waals surface area contributed by atoms with E-state index in [1.807, 2.05) is 0 Å². The molecule has 0 heterocycles. The smallest absolute Gasteiger partial charge is 0.226 e. The highest BCUT2D eigenvalue weighted by Gasteiger charge is 2.58. The van der Waals surface area contributed by atoms with Crippen LogP contribution in [0.4, 0.5) is 0 Å². The quantitative estimate of drug-likeness (QED) is 0.793. The van der Waals surface area contributed by atoms with E-state index in [1.54, 1.807) is 7.11 Å². The Bertz CT molecular complexity index is 384. The van der Waals surface area contributed by atoms with E-state index >= 15 is 0 Å². The number of hydrogen-bond donors (Lipinski definition) is 1. The largest absolute Gasteiger partial charge is 0.383 e. The summed E-state index contributed by atoms with van der Waals surface area (Å²) in [6, 6.07) is 0. The van der Waals surface area contributed by atoms with Gasteiger partial charge in [0.2, 0.25) is 5.91 Å². The second-order valence-electron chi connectivity index (χ2n) is 7.81. The van der Waals surface area contributed by atoms with Gasteiger partial charge in [0.05, 0.1) is 17.4 Å². The fourth-order valence-electron chi connectivity index (χ4n) is 5.62. The van der Waals surface area contributed by atoms with Crippen LogP contribution in [0.15, 0.2) is 0 Å². The van der Waals surface area contributed by atoms with E-state index in [0.29, 0.717) is 18.6 Å². The van der Waals surface area contributed by atoms with Gasteiger partial charge in [0.1, 0.15) is 0 Å². The van der Waals surface area contributed by atoms with Gasteiger partial charge in [0.25, 0.3) is 0 Å². The van der Waals surface area contributed by atoms with Gasteiger partial charge in [-0.15, -0.1) is 11.6 Å². The first-order valence-corrected chi connectivity index (χ1v) is 8.30. The van der Waals surface area contributed by atoms with Crippen molar-refractivity contribution in [3.63, 3.8) is 0 Å². The van der Waals surface area contributed by atoms with Crippen LogP contribution in [0.3, 0.4) is 0 Å². The number of nitrogens with one attached hydrogen (secondary N) is 1. The normalized spacial score (nSPS) is 43.5. The average Bonchev–Trinajstić information content (AvgIpc) is 2.33. The number of halogens is 1. The Labute approximate surface area is 126 Å². The number of carbonyl (C=O) groups is 1. The molecule has 0 radical (unpaired) electrons. The fourth-order valence-corrected chi connectivity index (χ4v) is 5.82. The van der Waals surface area contributed by atoms with E-state index in [2.05, 4.69) is 12.2 Å². The predicted octanol–water partition coefficient (Wildman–Crippen LogP) is 2.96. The summed E-state index contributed by atoms with van der Waals surface area (Å²) >= 11 is 6.12. The molecule has 0 aromatic rings. The molecule has 3 unspecified atom stereocenters. The van der Waals surface area contributed by atoms with Gasteiger partial charge in [-0.05, 0) is 55.8 Å². The molecular formula is C16H26ClNO2. The van der Waals surface area contributed by atoms with Crippen molar-refractivity contribution in [3.05, 3.63) is 0 Å². The maximum Gasteiger partial charge on any atom is 0.226 e. The topological polar surface area (TPSA) is 38.3 Å². The highest BCUT2D eigenvalue weighted by atomic mass is 35.5. The van der Waals surface area contributed by atoms with Crippen LogP contribution in [0.1, 0.15) is 45.4 Å². The number of alkyl halides is 1. The van der Waals surface area contributed by atoms with E-state index in [1.165, 1.54) is 19.3 Å². The summed E-state index contributed by atoms with van der Waals surface area (Å²) in [7, 11) is 1.64. The lowest BCUT2D eigenvalue weighted by molar-refractivity contribution is -0.155. The molecule has 0 spiro atoms. The third-order valence-corrected chi connectivity index (χ3v) is 5.95. The molecular weight excluding hydrogens is 274 g/mol. The number of amides is 1. The zero-order chi connectivity index (χ0) is 14.4. The zero-order valence-corrected chi connectivity index (χ0v) is 13.3. The summed E-state index contributed by atoms with van der Waals surface area (Å²) in [5.74, 6) is 1.80. The minimum Gasteiger partial charge on any atom is -0.383 e. The highest BCUT2D eigenvalue weighted by Crippen LogP contribution is 2.65. The Morgan fingerprint density at radius 2 is 2.00 bits per heavy atom. The van der Waals surface area contributed by atoms with E-state index < -0.39 is 0 Å². The second-order valence-corrected chi connectivity index (χ2v) is 8.43. The Morgan fingerprint density at radius 3 is 2.55 bits per heavy atom. The summed E-state index contributed by atoms with van der Waals surface area (Å²) < 4.78 is 5.02. The van der Waals surface area contributed by atoms with Gasteiger partial charge in [-0.2, -0.15) is 0 Å². The van der Waals surface area contributed by atoms with E-state index in [9.17, 15) is 4.79 Å². The molecule has 4 rings (SSSR count). The van der Waals surface area contributed by atoms with Gasteiger partial charge in [0, 0.05) is 13.7 Å². The maximum atomic E-state index is 12.7. The third kappa shape index (κ3) is 2.59. The Balaban J connectivity index is 1.65. The summed E-state index contributed by atoms with van der Waals surface area (Å²) in [5, 5.41) is 2.96. The monoisotopic (exact) mass is 299 g/mol. The first-order valence-electron chi connectivity index (χ1n) is 7.86. The van der Waals surface area contributed by atoms with Crippen molar-refractivity contribution in [1.29, 1.82) is 0 Å². The molecule has 0 aliphatic heterocycles.